The van der Waals surface area contributed by atoms with E-state index in [1.54, 1.807) is 49.3 Å². The Hall–Kier alpha value is -3.63. The highest BCUT2D eigenvalue weighted by atomic mass is 35.5. The van der Waals surface area contributed by atoms with Gasteiger partial charge in [0, 0.05) is 23.9 Å². The van der Waals surface area contributed by atoms with Crippen LogP contribution >= 0.6 is 11.6 Å². The molecule has 4 rings (SSSR count). The molecular weight excluding hydrogens is 474 g/mol. The first-order valence-electron chi connectivity index (χ1n) is 10.9. The minimum absolute atomic E-state index is 0.0784. The summed E-state index contributed by atoms with van der Waals surface area (Å²) < 4.78 is 16.6. The van der Waals surface area contributed by atoms with Crippen molar-refractivity contribution in [2.75, 3.05) is 31.7 Å². The van der Waals surface area contributed by atoms with E-state index in [9.17, 15) is 9.59 Å². The van der Waals surface area contributed by atoms with Crippen molar-refractivity contribution in [1.29, 1.82) is 0 Å². The van der Waals surface area contributed by atoms with E-state index in [1.165, 1.54) is 18.3 Å². The SMILES string of the molecule is COc1cc(N2C=NN3CC(c4ccc(Cl)cn4)C=C3C2=O)ccc1OCC(C)(C)OC(=O)CN. The third-order valence-electron chi connectivity index (χ3n) is 5.44. The molecule has 10 nitrogen and oxygen atoms in total. The van der Waals surface area contributed by atoms with Crippen molar-refractivity contribution >= 4 is 35.5 Å². The van der Waals surface area contributed by atoms with E-state index in [1.807, 2.05) is 12.1 Å². The monoisotopic (exact) mass is 499 g/mol. The van der Waals surface area contributed by atoms with E-state index < -0.39 is 11.6 Å². The van der Waals surface area contributed by atoms with Crippen LogP contribution < -0.4 is 20.1 Å². The van der Waals surface area contributed by atoms with E-state index in [4.69, 9.17) is 31.5 Å². The summed E-state index contributed by atoms with van der Waals surface area (Å²) in [5, 5.41) is 6.66. The first kappa shape index (κ1) is 24.5. The fourth-order valence-electron chi connectivity index (χ4n) is 3.72. The predicted molar refractivity (Wildman–Crippen MR) is 130 cm³/mol. The number of fused-ring (bicyclic) bond motifs is 1. The van der Waals surface area contributed by atoms with Crippen LogP contribution in [0.25, 0.3) is 0 Å². The van der Waals surface area contributed by atoms with Crippen LogP contribution in [0, 0.1) is 0 Å². The normalized spacial score (nSPS) is 17.2. The summed E-state index contributed by atoms with van der Waals surface area (Å²) in [5.74, 6) is 0.0290. The number of nitrogens with zero attached hydrogens (tertiary/aromatic N) is 4. The molecule has 2 N–H and O–H groups in total. The molecule has 1 amide bonds. The molecule has 1 aromatic carbocycles. The number of nitrogens with two attached hydrogens (primary N) is 1. The number of methoxy groups -OCH3 is 1. The summed E-state index contributed by atoms with van der Waals surface area (Å²) in [5.41, 5.74) is 6.27. The predicted octanol–water partition coefficient (Wildman–Crippen LogP) is 2.68. The van der Waals surface area contributed by atoms with Gasteiger partial charge in [0.05, 0.1) is 30.9 Å². The number of anilines is 1. The van der Waals surface area contributed by atoms with Gasteiger partial charge in [0.25, 0.3) is 5.91 Å². The topological polar surface area (TPSA) is 120 Å². The molecule has 1 unspecified atom stereocenters. The lowest BCUT2D eigenvalue weighted by Crippen LogP contribution is -2.39. The van der Waals surface area contributed by atoms with Gasteiger partial charge in [-0.2, -0.15) is 5.10 Å². The number of ether oxygens (including phenoxy) is 3. The number of carbonyl (C=O) groups excluding carboxylic acids is 2. The number of hydrogen-bond acceptors (Lipinski definition) is 9. The Kier molecular flexibility index (Phi) is 6.95. The Balaban J connectivity index is 1.50. The lowest BCUT2D eigenvalue weighted by molar-refractivity contribution is -0.157. The number of hydrogen-bond donors (Lipinski definition) is 1. The fraction of sp³-hybridized carbons (Fsp3) is 0.333. The molecule has 2 aromatic rings. The summed E-state index contributed by atoms with van der Waals surface area (Å²) in [7, 11) is 1.50. The first-order chi connectivity index (χ1) is 16.7. The number of rotatable bonds is 8. The lowest BCUT2D eigenvalue weighted by atomic mass is 10.1. The number of benzene rings is 1. The number of halogens is 1. The zero-order valence-corrected chi connectivity index (χ0v) is 20.4. The highest BCUT2D eigenvalue weighted by Crippen LogP contribution is 2.36. The molecule has 0 radical (unpaired) electrons. The Morgan fingerprint density at radius 1 is 1.26 bits per heavy atom. The van der Waals surface area contributed by atoms with Crippen LogP contribution in [0.3, 0.4) is 0 Å². The average molecular weight is 500 g/mol. The largest absolute Gasteiger partial charge is 0.493 e. The van der Waals surface area contributed by atoms with Gasteiger partial charge in [0.15, 0.2) is 11.5 Å². The molecule has 35 heavy (non-hydrogen) atoms. The number of hydrazone groups is 1. The molecular formula is C24H26ClN5O5. The smallest absolute Gasteiger partial charge is 0.320 e. The van der Waals surface area contributed by atoms with E-state index in [0.29, 0.717) is 34.5 Å². The van der Waals surface area contributed by atoms with Crippen LogP contribution in [0.5, 0.6) is 11.5 Å². The van der Waals surface area contributed by atoms with Gasteiger partial charge >= 0.3 is 5.97 Å². The van der Waals surface area contributed by atoms with Crippen molar-refractivity contribution in [3.8, 4) is 11.5 Å². The van der Waals surface area contributed by atoms with Gasteiger partial charge in [0.2, 0.25) is 0 Å². The minimum Gasteiger partial charge on any atom is -0.493 e. The molecule has 0 spiro atoms. The van der Waals surface area contributed by atoms with Crippen LogP contribution in [-0.2, 0) is 14.3 Å². The zero-order chi connectivity index (χ0) is 25.2. The number of esters is 1. The van der Waals surface area contributed by atoms with E-state index in [-0.39, 0.29) is 25.0 Å². The van der Waals surface area contributed by atoms with Crippen molar-refractivity contribution < 1.29 is 23.8 Å². The molecule has 1 atom stereocenters. The first-order valence-corrected chi connectivity index (χ1v) is 11.3. The van der Waals surface area contributed by atoms with Crippen LogP contribution in [0.15, 0.2) is 53.4 Å². The quantitative estimate of drug-likeness (QED) is 0.550. The average Bonchev–Trinajstić information content (AvgIpc) is 3.28. The zero-order valence-electron chi connectivity index (χ0n) is 19.6. The standard InChI is InChI=1S/C24H26ClN5O5/c1-24(2,35-22(31)10-26)13-34-20-7-5-17(9-21(20)33-3)29-14-28-30-12-15(8-19(30)23(29)32)18-6-4-16(25)11-27-18/h4-9,11,14-15H,10,12-13,26H2,1-3H3. The van der Waals surface area contributed by atoms with Gasteiger partial charge < -0.3 is 19.9 Å². The molecule has 2 aliphatic rings. The second-order valence-corrected chi connectivity index (χ2v) is 9.05. The van der Waals surface area contributed by atoms with Gasteiger partial charge in [-0.15, -0.1) is 0 Å². The number of aromatic nitrogens is 1. The minimum atomic E-state index is -0.885. The van der Waals surface area contributed by atoms with Crippen LogP contribution in [0.2, 0.25) is 5.02 Å². The molecule has 0 saturated carbocycles. The number of pyridine rings is 1. The third-order valence-corrected chi connectivity index (χ3v) is 5.66. The van der Waals surface area contributed by atoms with Gasteiger partial charge in [0.1, 0.15) is 24.2 Å². The van der Waals surface area contributed by atoms with Gasteiger partial charge in [-0.05, 0) is 44.2 Å². The maximum absolute atomic E-state index is 13.3. The molecule has 3 heterocycles. The highest BCUT2D eigenvalue weighted by Gasteiger charge is 2.35. The summed E-state index contributed by atoms with van der Waals surface area (Å²) in [6.45, 7) is 3.83. The van der Waals surface area contributed by atoms with E-state index >= 15 is 0 Å². The molecule has 0 bridgehead atoms. The van der Waals surface area contributed by atoms with Crippen LogP contribution in [0.4, 0.5) is 5.69 Å². The molecule has 0 fully saturated rings. The van der Waals surface area contributed by atoms with Crippen molar-refractivity contribution in [3.63, 3.8) is 0 Å². The van der Waals surface area contributed by atoms with Gasteiger partial charge in [-0.1, -0.05) is 11.6 Å². The third kappa shape index (κ3) is 5.39. The van der Waals surface area contributed by atoms with Crippen molar-refractivity contribution in [2.45, 2.75) is 25.4 Å². The maximum Gasteiger partial charge on any atom is 0.320 e. The molecule has 0 aliphatic carbocycles. The van der Waals surface area contributed by atoms with E-state index in [0.717, 1.165) is 5.69 Å². The van der Waals surface area contributed by atoms with Crippen LogP contribution in [-0.4, -0.2) is 60.6 Å². The highest BCUT2D eigenvalue weighted by molar-refractivity contribution is 6.30. The Morgan fingerprint density at radius 2 is 2.06 bits per heavy atom. The molecule has 1 aromatic heterocycles. The maximum atomic E-state index is 13.3. The van der Waals surface area contributed by atoms with Gasteiger partial charge in [-0.25, -0.2) is 0 Å². The van der Waals surface area contributed by atoms with Crippen molar-refractivity contribution in [1.82, 2.24) is 9.99 Å². The molecule has 0 saturated heterocycles. The Labute approximate surface area is 207 Å². The molecule has 2 aliphatic heterocycles. The van der Waals surface area contributed by atoms with Crippen molar-refractivity contribution in [2.24, 2.45) is 10.8 Å². The molecule has 184 valence electrons. The Morgan fingerprint density at radius 3 is 2.74 bits per heavy atom. The number of carbonyl (C=O) groups is 2. The second-order valence-electron chi connectivity index (χ2n) is 8.61. The second kappa shape index (κ2) is 9.93. The molecule has 11 heteroatoms. The number of amides is 1. The van der Waals surface area contributed by atoms with Gasteiger partial charge in [-0.3, -0.25) is 24.5 Å². The van der Waals surface area contributed by atoms with Crippen molar-refractivity contribution in [3.05, 3.63) is 59.0 Å². The summed E-state index contributed by atoms with van der Waals surface area (Å²) >= 11 is 5.94. The summed E-state index contributed by atoms with van der Waals surface area (Å²) in [4.78, 5) is 30.6. The lowest BCUT2D eigenvalue weighted by Gasteiger charge is -2.28. The summed E-state index contributed by atoms with van der Waals surface area (Å²) in [6, 6.07) is 8.71. The fourth-order valence-corrected chi connectivity index (χ4v) is 3.83. The summed E-state index contributed by atoms with van der Waals surface area (Å²) in [6.07, 6.45) is 4.92. The van der Waals surface area contributed by atoms with E-state index in [2.05, 4.69) is 10.1 Å². The van der Waals surface area contributed by atoms with Crippen LogP contribution in [0.1, 0.15) is 25.5 Å². The Bertz CT molecular complexity index is 1180.